The lowest BCUT2D eigenvalue weighted by Crippen LogP contribution is -2.39. The minimum atomic E-state index is -0.296. The fourth-order valence-corrected chi connectivity index (χ4v) is 3.08. The maximum absolute atomic E-state index is 14.0. The second-order valence-corrected chi connectivity index (χ2v) is 5.83. The van der Waals surface area contributed by atoms with Crippen LogP contribution in [0.3, 0.4) is 0 Å². The van der Waals surface area contributed by atoms with Gasteiger partial charge in [-0.25, -0.2) is 9.37 Å². The first kappa shape index (κ1) is 14.3. The molecule has 3 aromatic rings. The zero-order chi connectivity index (χ0) is 16.0. The number of morpholine rings is 1. The maximum atomic E-state index is 14.0. The van der Waals surface area contributed by atoms with E-state index in [1.807, 2.05) is 36.7 Å². The minimum absolute atomic E-state index is 0.137. The average Bonchev–Trinajstić information content (AvgIpc) is 3.13. The highest BCUT2D eigenvalue weighted by Crippen LogP contribution is 2.29. The van der Waals surface area contributed by atoms with Gasteiger partial charge in [0.2, 0.25) is 5.95 Å². The largest absolute Gasteiger partial charge is 0.464 e. The molecule has 1 saturated heterocycles. The topological polar surface area (TPSA) is 43.4 Å². The molecular formula is C17H18FN3O2. The van der Waals surface area contributed by atoms with Crippen LogP contribution in [0.2, 0.25) is 0 Å². The van der Waals surface area contributed by atoms with Crippen molar-refractivity contribution in [3.05, 3.63) is 47.7 Å². The molecule has 1 aliphatic rings. The van der Waals surface area contributed by atoms with Gasteiger partial charge in [-0.05, 0) is 31.2 Å². The number of imidazole rings is 1. The summed E-state index contributed by atoms with van der Waals surface area (Å²) in [7, 11) is 1.91. The van der Waals surface area contributed by atoms with E-state index in [0.717, 1.165) is 29.5 Å². The summed E-state index contributed by atoms with van der Waals surface area (Å²) < 4.78 is 27.4. The summed E-state index contributed by atoms with van der Waals surface area (Å²) in [5.41, 5.74) is 1.19. The lowest BCUT2D eigenvalue weighted by atomic mass is 10.2. The molecule has 0 saturated carbocycles. The van der Waals surface area contributed by atoms with Crippen LogP contribution in [-0.4, -0.2) is 29.2 Å². The summed E-state index contributed by atoms with van der Waals surface area (Å²) in [6.07, 6.45) is -0.137. The quantitative estimate of drug-likeness (QED) is 0.728. The van der Waals surface area contributed by atoms with Gasteiger partial charge in [0.05, 0.1) is 18.7 Å². The number of hydrogen-bond donors (Lipinski definition) is 0. The van der Waals surface area contributed by atoms with Crippen molar-refractivity contribution in [2.75, 3.05) is 24.6 Å². The van der Waals surface area contributed by atoms with Crippen LogP contribution in [0.5, 0.6) is 0 Å². The first-order valence-corrected chi connectivity index (χ1v) is 7.67. The molecule has 1 unspecified atom stereocenters. The van der Waals surface area contributed by atoms with Crippen molar-refractivity contribution in [3.63, 3.8) is 0 Å². The molecule has 4 rings (SSSR count). The van der Waals surface area contributed by atoms with Crippen molar-refractivity contribution in [3.8, 4) is 0 Å². The van der Waals surface area contributed by atoms with E-state index >= 15 is 0 Å². The summed E-state index contributed by atoms with van der Waals surface area (Å²) in [4.78, 5) is 6.61. The molecule has 0 radical (unpaired) electrons. The molecule has 120 valence electrons. The Hall–Kier alpha value is -2.34. The number of rotatable bonds is 2. The van der Waals surface area contributed by atoms with E-state index in [4.69, 9.17) is 9.15 Å². The van der Waals surface area contributed by atoms with Gasteiger partial charge in [0.1, 0.15) is 23.1 Å². The molecule has 1 fully saturated rings. The average molecular weight is 315 g/mol. The normalized spacial score (nSPS) is 18.7. The molecule has 3 heterocycles. The predicted molar refractivity (Wildman–Crippen MR) is 85.0 cm³/mol. The first-order chi connectivity index (χ1) is 11.1. The summed E-state index contributed by atoms with van der Waals surface area (Å²) in [5.74, 6) is 2.14. The highest BCUT2D eigenvalue weighted by molar-refractivity contribution is 5.79. The van der Waals surface area contributed by atoms with Crippen LogP contribution in [0.4, 0.5) is 10.3 Å². The standard InChI is InChI=1S/C17H18FN3O2/c1-11-6-7-14(23-11)15-10-21(8-9-22-15)17-19-16-12(18)4-3-5-13(16)20(17)2/h3-7,15H,8-10H2,1-2H3. The molecule has 1 atom stereocenters. The summed E-state index contributed by atoms with van der Waals surface area (Å²) in [5, 5.41) is 0. The molecule has 6 heteroatoms. The molecule has 0 bridgehead atoms. The van der Waals surface area contributed by atoms with Gasteiger partial charge in [0.15, 0.2) is 5.82 Å². The molecule has 1 aromatic carbocycles. The highest BCUT2D eigenvalue weighted by Gasteiger charge is 2.27. The monoisotopic (exact) mass is 315 g/mol. The molecule has 1 aliphatic heterocycles. The van der Waals surface area contributed by atoms with Crippen molar-refractivity contribution in [1.82, 2.24) is 9.55 Å². The van der Waals surface area contributed by atoms with Crippen LogP contribution in [0.15, 0.2) is 34.7 Å². The van der Waals surface area contributed by atoms with E-state index in [2.05, 4.69) is 9.88 Å². The van der Waals surface area contributed by atoms with Gasteiger partial charge in [-0.1, -0.05) is 6.07 Å². The second-order valence-electron chi connectivity index (χ2n) is 5.83. The fourth-order valence-electron chi connectivity index (χ4n) is 3.08. The lowest BCUT2D eigenvalue weighted by Gasteiger charge is -2.32. The van der Waals surface area contributed by atoms with Gasteiger partial charge in [-0.2, -0.15) is 0 Å². The molecular weight excluding hydrogens is 297 g/mol. The van der Waals surface area contributed by atoms with Gasteiger partial charge in [-0.3, -0.25) is 0 Å². The number of aromatic nitrogens is 2. The van der Waals surface area contributed by atoms with E-state index in [1.165, 1.54) is 6.07 Å². The van der Waals surface area contributed by atoms with E-state index in [-0.39, 0.29) is 11.9 Å². The number of hydrogen-bond acceptors (Lipinski definition) is 4. The van der Waals surface area contributed by atoms with Crippen LogP contribution in [-0.2, 0) is 11.8 Å². The van der Waals surface area contributed by atoms with Crippen LogP contribution < -0.4 is 4.90 Å². The molecule has 23 heavy (non-hydrogen) atoms. The van der Waals surface area contributed by atoms with Crippen molar-refractivity contribution in [2.45, 2.75) is 13.0 Å². The van der Waals surface area contributed by atoms with Crippen molar-refractivity contribution >= 4 is 17.0 Å². The Kier molecular flexibility index (Phi) is 3.34. The molecule has 0 amide bonds. The number of benzene rings is 1. The Balaban J connectivity index is 1.67. The number of ether oxygens (including phenoxy) is 1. The number of furan rings is 1. The zero-order valence-corrected chi connectivity index (χ0v) is 13.1. The third-order valence-electron chi connectivity index (χ3n) is 4.27. The Labute approximate surface area is 133 Å². The van der Waals surface area contributed by atoms with Crippen LogP contribution in [0.1, 0.15) is 17.6 Å². The molecule has 0 N–H and O–H groups in total. The maximum Gasteiger partial charge on any atom is 0.206 e. The Morgan fingerprint density at radius 3 is 2.87 bits per heavy atom. The van der Waals surface area contributed by atoms with Crippen molar-refractivity contribution in [1.29, 1.82) is 0 Å². The van der Waals surface area contributed by atoms with Gasteiger partial charge < -0.3 is 18.6 Å². The second kappa shape index (κ2) is 5.38. The van der Waals surface area contributed by atoms with Crippen LogP contribution in [0, 0.1) is 12.7 Å². The summed E-state index contributed by atoms with van der Waals surface area (Å²) in [6, 6.07) is 8.90. The van der Waals surface area contributed by atoms with E-state index in [0.29, 0.717) is 18.7 Å². The first-order valence-electron chi connectivity index (χ1n) is 7.67. The Bertz CT molecular complexity index is 855. The SMILES string of the molecule is Cc1ccc(C2CN(c3nc4c(F)cccc4n3C)CCO2)o1. The summed E-state index contributed by atoms with van der Waals surface area (Å²) >= 11 is 0. The molecule has 0 spiro atoms. The van der Waals surface area contributed by atoms with Crippen molar-refractivity contribution < 1.29 is 13.5 Å². The number of fused-ring (bicyclic) bond motifs is 1. The fraction of sp³-hybridized carbons (Fsp3) is 0.353. The van der Waals surface area contributed by atoms with Crippen molar-refractivity contribution in [2.24, 2.45) is 7.05 Å². The number of aryl methyl sites for hydroxylation is 2. The van der Waals surface area contributed by atoms with Gasteiger partial charge in [0, 0.05) is 13.6 Å². The number of halogens is 1. The van der Waals surface area contributed by atoms with E-state index in [1.54, 1.807) is 6.07 Å². The number of nitrogens with zero attached hydrogens (tertiary/aromatic N) is 3. The predicted octanol–water partition coefficient (Wildman–Crippen LogP) is 3.19. The van der Waals surface area contributed by atoms with Gasteiger partial charge >= 0.3 is 0 Å². The van der Waals surface area contributed by atoms with Gasteiger partial charge in [0.25, 0.3) is 0 Å². The highest BCUT2D eigenvalue weighted by atomic mass is 19.1. The minimum Gasteiger partial charge on any atom is -0.464 e. The number of para-hydroxylation sites is 1. The third kappa shape index (κ3) is 2.39. The zero-order valence-electron chi connectivity index (χ0n) is 13.1. The lowest BCUT2D eigenvalue weighted by molar-refractivity contribution is 0.0246. The van der Waals surface area contributed by atoms with Crippen LogP contribution >= 0.6 is 0 Å². The van der Waals surface area contributed by atoms with Gasteiger partial charge in [-0.15, -0.1) is 0 Å². The van der Waals surface area contributed by atoms with Crippen LogP contribution in [0.25, 0.3) is 11.0 Å². The molecule has 5 nitrogen and oxygen atoms in total. The van der Waals surface area contributed by atoms with E-state index in [9.17, 15) is 4.39 Å². The molecule has 0 aliphatic carbocycles. The smallest absolute Gasteiger partial charge is 0.206 e. The Morgan fingerprint density at radius 2 is 2.13 bits per heavy atom. The molecule has 2 aromatic heterocycles. The number of anilines is 1. The summed E-state index contributed by atoms with van der Waals surface area (Å²) in [6.45, 7) is 3.84. The van der Waals surface area contributed by atoms with E-state index < -0.39 is 0 Å². The third-order valence-corrected chi connectivity index (χ3v) is 4.27. The Morgan fingerprint density at radius 1 is 1.26 bits per heavy atom.